The lowest BCUT2D eigenvalue weighted by atomic mass is 10.1. The molecule has 0 spiro atoms. The quantitative estimate of drug-likeness (QED) is 0.847. The summed E-state index contributed by atoms with van der Waals surface area (Å²) in [6.45, 7) is 3.75. The Morgan fingerprint density at radius 1 is 1.38 bits per heavy atom. The summed E-state index contributed by atoms with van der Waals surface area (Å²) in [4.78, 5) is 4.42. The lowest BCUT2D eigenvalue weighted by Crippen LogP contribution is -2.16. The molecule has 4 heteroatoms. The Morgan fingerprint density at radius 3 is 3.00 bits per heavy atom. The van der Waals surface area contributed by atoms with Crippen molar-refractivity contribution in [2.24, 2.45) is 0 Å². The van der Waals surface area contributed by atoms with Crippen LogP contribution >= 0.6 is 0 Å². The Bertz CT molecular complexity index is 602. The van der Waals surface area contributed by atoms with Crippen LogP contribution in [0.25, 0.3) is 0 Å². The third-order valence-corrected chi connectivity index (χ3v) is 3.90. The molecule has 1 aromatic carbocycles. The smallest absolute Gasteiger partial charge is 0.127 e. The van der Waals surface area contributed by atoms with Gasteiger partial charge >= 0.3 is 0 Å². The summed E-state index contributed by atoms with van der Waals surface area (Å²) in [6, 6.07) is 6.00. The van der Waals surface area contributed by atoms with E-state index < -0.39 is 0 Å². The molecule has 0 radical (unpaired) electrons. The van der Waals surface area contributed by atoms with E-state index in [9.17, 15) is 4.39 Å². The Hall–Kier alpha value is -1.68. The SMILES string of the molecule is CCCn1ccnc1Cc1ccc(F)c(CNC2CC2)c1. The average molecular weight is 287 g/mol. The number of halogens is 1. The topological polar surface area (TPSA) is 29.9 Å². The Balaban J connectivity index is 1.72. The molecule has 0 unspecified atom stereocenters. The van der Waals surface area contributed by atoms with Crippen molar-refractivity contribution in [1.29, 1.82) is 0 Å². The van der Waals surface area contributed by atoms with Crippen LogP contribution in [-0.2, 0) is 19.5 Å². The molecule has 3 nitrogen and oxygen atoms in total. The fourth-order valence-electron chi connectivity index (χ4n) is 2.55. The minimum Gasteiger partial charge on any atom is -0.335 e. The van der Waals surface area contributed by atoms with Crippen LogP contribution in [0.15, 0.2) is 30.6 Å². The number of hydrogen-bond donors (Lipinski definition) is 1. The molecule has 0 bridgehead atoms. The molecule has 1 aliphatic carbocycles. The second-order valence-electron chi connectivity index (χ2n) is 5.79. The molecular weight excluding hydrogens is 265 g/mol. The molecule has 0 saturated heterocycles. The van der Waals surface area contributed by atoms with Crippen LogP contribution in [0.4, 0.5) is 4.39 Å². The van der Waals surface area contributed by atoms with Gasteiger partial charge in [-0.15, -0.1) is 0 Å². The summed E-state index contributed by atoms with van der Waals surface area (Å²) in [6.07, 6.45) is 8.13. The number of aromatic nitrogens is 2. The predicted molar refractivity (Wildman–Crippen MR) is 81.6 cm³/mol. The fraction of sp³-hybridized carbons (Fsp3) is 0.471. The third kappa shape index (κ3) is 3.70. The van der Waals surface area contributed by atoms with E-state index in [2.05, 4.69) is 21.8 Å². The summed E-state index contributed by atoms with van der Waals surface area (Å²) in [5, 5.41) is 3.37. The molecule has 112 valence electrons. The lowest BCUT2D eigenvalue weighted by Gasteiger charge is -2.09. The van der Waals surface area contributed by atoms with Crippen molar-refractivity contribution in [2.45, 2.75) is 51.7 Å². The van der Waals surface area contributed by atoms with Crippen molar-refractivity contribution in [3.8, 4) is 0 Å². The van der Waals surface area contributed by atoms with Gasteiger partial charge in [0.1, 0.15) is 11.6 Å². The van der Waals surface area contributed by atoms with Crippen LogP contribution in [0.2, 0.25) is 0 Å². The molecule has 1 saturated carbocycles. The zero-order valence-corrected chi connectivity index (χ0v) is 12.5. The van der Waals surface area contributed by atoms with Crippen molar-refractivity contribution in [2.75, 3.05) is 0 Å². The van der Waals surface area contributed by atoms with Crippen molar-refractivity contribution in [1.82, 2.24) is 14.9 Å². The number of rotatable bonds is 7. The Labute approximate surface area is 125 Å². The predicted octanol–water partition coefficient (Wildman–Crippen LogP) is 3.28. The van der Waals surface area contributed by atoms with Gasteiger partial charge in [-0.25, -0.2) is 9.37 Å². The third-order valence-electron chi connectivity index (χ3n) is 3.90. The second-order valence-corrected chi connectivity index (χ2v) is 5.79. The molecular formula is C17H22FN3. The van der Waals surface area contributed by atoms with Crippen LogP contribution in [-0.4, -0.2) is 15.6 Å². The van der Waals surface area contributed by atoms with Gasteiger partial charge in [-0.2, -0.15) is 0 Å². The highest BCUT2D eigenvalue weighted by atomic mass is 19.1. The van der Waals surface area contributed by atoms with Gasteiger partial charge in [0.15, 0.2) is 0 Å². The van der Waals surface area contributed by atoms with E-state index in [1.54, 1.807) is 6.07 Å². The van der Waals surface area contributed by atoms with Gasteiger partial charge in [0.25, 0.3) is 0 Å². The first-order chi connectivity index (χ1) is 10.3. The normalized spacial score (nSPS) is 14.6. The van der Waals surface area contributed by atoms with Gasteiger partial charge in [-0.3, -0.25) is 0 Å². The van der Waals surface area contributed by atoms with Crippen LogP contribution in [0.5, 0.6) is 0 Å². The summed E-state index contributed by atoms with van der Waals surface area (Å²) in [5.74, 6) is 0.924. The fourth-order valence-corrected chi connectivity index (χ4v) is 2.55. The zero-order chi connectivity index (χ0) is 14.7. The van der Waals surface area contributed by atoms with Crippen LogP contribution in [0.3, 0.4) is 0 Å². The number of hydrogen-bond acceptors (Lipinski definition) is 2. The molecule has 2 aromatic rings. The maximum absolute atomic E-state index is 13.9. The van der Waals surface area contributed by atoms with E-state index in [1.165, 1.54) is 12.8 Å². The van der Waals surface area contributed by atoms with Crippen molar-refractivity contribution >= 4 is 0 Å². The van der Waals surface area contributed by atoms with E-state index in [4.69, 9.17) is 0 Å². The number of aryl methyl sites for hydroxylation is 1. The number of nitrogens with one attached hydrogen (secondary N) is 1. The van der Waals surface area contributed by atoms with Crippen molar-refractivity contribution in [3.63, 3.8) is 0 Å². The second kappa shape index (κ2) is 6.39. The van der Waals surface area contributed by atoms with Gasteiger partial charge in [-0.05, 0) is 30.9 Å². The van der Waals surface area contributed by atoms with Gasteiger partial charge < -0.3 is 9.88 Å². The standard InChI is InChI=1S/C17H22FN3/c1-2-8-21-9-7-19-17(21)11-13-3-6-16(18)14(10-13)12-20-15-4-5-15/h3,6-7,9-10,15,20H,2,4-5,8,11-12H2,1H3. The number of nitrogens with zero attached hydrogens (tertiary/aromatic N) is 2. The molecule has 1 N–H and O–H groups in total. The van der Waals surface area contributed by atoms with E-state index in [0.29, 0.717) is 12.6 Å². The largest absolute Gasteiger partial charge is 0.335 e. The van der Waals surface area contributed by atoms with E-state index in [-0.39, 0.29) is 5.82 Å². The van der Waals surface area contributed by atoms with Crippen LogP contribution < -0.4 is 5.32 Å². The highest BCUT2D eigenvalue weighted by molar-refractivity contribution is 5.27. The first kappa shape index (κ1) is 14.3. The molecule has 0 aliphatic heterocycles. The first-order valence-corrected chi connectivity index (χ1v) is 7.77. The minimum atomic E-state index is -0.121. The highest BCUT2D eigenvalue weighted by Crippen LogP contribution is 2.20. The monoisotopic (exact) mass is 287 g/mol. The Morgan fingerprint density at radius 2 is 2.24 bits per heavy atom. The van der Waals surface area contributed by atoms with Gasteiger partial charge in [0.05, 0.1) is 0 Å². The Kier molecular flexibility index (Phi) is 4.34. The first-order valence-electron chi connectivity index (χ1n) is 7.77. The maximum Gasteiger partial charge on any atom is 0.127 e. The van der Waals surface area contributed by atoms with Crippen LogP contribution in [0.1, 0.15) is 43.1 Å². The molecule has 3 rings (SSSR count). The summed E-state index contributed by atoms with van der Waals surface area (Å²) < 4.78 is 16.0. The van der Waals surface area contributed by atoms with Gasteiger partial charge in [0.2, 0.25) is 0 Å². The molecule has 0 atom stereocenters. The molecule has 0 amide bonds. The zero-order valence-electron chi connectivity index (χ0n) is 12.5. The highest BCUT2D eigenvalue weighted by Gasteiger charge is 2.20. The van der Waals surface area contributed by atoms with Crippen molar-refractivity contribution < 1.29 is 4.39 Å². The van der Waals surface area contributed by atoms with E-state index in [1.807, 2.05) is 24.5 Å². The molecule has 21 heavy (non-hydrogen) atoms. The molecule has 1 heterocycles. The average Bonchev–Trinajstić information content (AvgIpc) is 3.21. The summed E-state index contributed by atoms with van der Waals surface area (Å²) in [5.41, 5.74) is 1.88. The van der Waals surface area contributed by atoms with Gasteiger partial charge in [-0.1, -0.05) is 19.1 Å². The number of imidazole rings is 1. The molecule has 1 aliphatic rings. The summed E-state index contributed by atoms with van der Waals surface area (Å²) in [7, 11) is 0. The number of benzene rings is 1. The van der Waals surface area contributed by atoms with E-state index in [0.717, 1.165) is 36.3 Å². The maximum atomic E-state index is 13.9. The molecule has 1 fully saturated rings. The van der Waals surface area contributed by atoms with Gasteiger partial charge in [0, 0.05) is 43.5 Å². The lowest BCUT2D eigenvalue weighted by molar-refractivity contribution is 0.585. The van der Waals surface area contributed by atoms with E-state index >= 15 is 0 Å². The van der Waals surface area contributed by atoms with Crippen LogP contribution in [0, 0.1) is 5.82 Å². The van der Waals surface area contributed by atoms with Crippen molar-refractivity contribution in [3.05, 3.63) is 53.4 Å². The molecule has 1 aromatic heterocycles. The minimum absolute atomic E-state index is 0.121. The summed E-state index contributed by atoms with van der Waals surface area (Å²) >= 11 is 0.